The third-order valence-corrected chi connectivity index (χ3v) is 9.88. The molecule has 53 heavy (non-hydrogen) atoms. The summed E-state index contributed by atoms with van der Waals surface area (Å²) >= 11 is 0. The number of nitrogens with zero attached hydrogens (tertiary/aromatic N) is 3. The lowest BCUT2D eigenvalue weighted by atomic mass is 9.97. The summed E-state index contributed by atoms with van der Waals surface area (Å²) in [6.07, 6.45) is 4.20. The maximum Gasteiger partial charge on any atom is 0.164 e. The van der Waals surface area contributed by atoms with Gasteiger partial charge in [0.05, 0.1) is 0 Å². The van der Waals surface area contributed by atoms with Crippen molar-refractivity contribution in [2.24, 2.45) is 0 Å². The van der Waals surface area contributed by atoms with Gasteiger partial charge in [-0.05, 0) is 65.1 Å². The molecule has 0 N–H and O–H groups in total. The van der Waals surface area contributed by atoms with Crippen LogP contribution in [0, 0.1) is 0 Å². The highest BCUT2D eigenvalue weighted by Crippen LogP contribution is 2.41. The topological polar surface area (TPSA) is 65.0 Å². The molecule has 10 aromatic rings. The van der Waals surface area contributed by atoms with Gasteiger partial charge >= 0.3 is 0 Å². The molecule has 0 aliphatic carbocycles. The summed E-state index contributed by atoms with van der Waals surface area (Å²) in [6, 6.07) is 53.8. The van der Waals surface area contributed by atoms with Gasteiger partial charge in [0, 0.05) is 38.2 Å². The Labute approximate surface area is 305 Å². The first-order chi connectivity index (χ1) is 26.2. The molecule has 7 aromatic carbocycles. The molecule has 5 heteroatoms. The Balaban J connectivity index is 1.11. The number of hydrogen-bond acceptors (Lipinski definition) is 5. The number of furan rings is 2. The summed E-state index contributed by atoms with van der Waals surface area (Å²) in [7, 11) is 0. The predicted molar refractivity (Wildman–Crippen MR) is 216 cm³/mol. The summed E-state index contributed by atoms with van der Waals surface area (Å²) in [6.45, 7) is 2.04. The van der Waals surface area contributed by atoms with E-state index in [9.17, 15) is 0 Å². The van der Waals surface area contributed by atoms with Crippen LogP contribution >= 0.6 is 0 Å². The first kappa shape index (κ1) is 30.7. The Kier molecular flexibility index (Phi) is 7.29. The molecule has 10 rings (SSSR count). The van der Waals surface area contributed by atoms with Gasteiger partial charge in [0.1, 0.15) is 22.3 Å². The van der Waals surface area contributed by atoms with Gasteiger partial charge < -0.3 is 8.83 Å². The van der Waals surface area contributed by atoms with E-state index in [0.717, 1.165) is 77.3 Å². The minimum atomic E-state index is 0.586. The van der Waals surface area contributed by atoms with E-state index in [-0.39, 0.29) is 0 Å². The molecule has 3 aromatic heterocycles. The first-order valence-corrected chi connectivity index (χ1v) is 17.7. The van der Waals surface area contributed by atoms with Crippen LogP contribution in [0.15, 0.2) is 173 Å². The van der Waals surface area contributed by atoms with Gasteiger partial charge in [-0.15, -0.1) is 0 Å². The highest BCUT2D eigenvalue weighted by atomic mass is 16.3. The van der Waals surface area contributed by atoms with Crippen molar-refractivity contribution in [1.82, 2.24) is 15.0 Å². The third-order valence-electron chi connectivity index (χ3n) is 9.88. The van der Waals surface area contributed by atoms with E-state index in [2.05, 4.69) is 103 Å². The highest BCUT2D eigenvalue weighted by Gasteiger charge is 2.19. The van der Waals surface area contributed by atoms with E-state index in [4.69, 9.17) is 23.8 Å². The maximum atomic E-state index is 6.57. The van der Waals surface area contributed by atoms with E-state index in [0.29, 0.717) is 17.5 Å². The van der Waals surface area contributed by atoms with Crippen molar-refractivity contribution in [2.45, 2.75) is 6.92 Å². The zero-order valence-corrected chi connectivity index (χ0v) is 28.8. The lowest BCUT2D eigenvalue weighted by molar-refractivity contribution is 0.668. The smallest absolute Gasteiger partial charge is 0.164 e. The molecule has 0 saturated carbocycles. The van der Waals surface area contributed by atoms with Gasteiger partial charge in [0.25, 0.3) is 0 Å². The molecule has 0 amide bonds. The summed E-state index contributed by atoms with van der Waals surface area (Å²) in [5, 5.41) is 4.16. The van der Waals surface area contributed by atoms with Crippen LogP contribution in [0.5, 0.6) is 0 Å². The lowest BCUT2D eigenvalue weighted by Gasteiger charge is -2.10. The zero-order valence-electron chi connectivity index (χ0n) is 28.8. The minimum absolute atomic E-state index is 0.586. The zero-order chi connectivity index (χ0) is 35.3. The molecule has 0 unspecified atom stereocenters. The SMILES string of the molecule is C/C=C\c1ccccc1-c1ccc(-c2nc(-c3ccccc3)nc(-c3cccc4oc5cc(-c6cccc7oc8ccccc8c67)ccc5c34)n2)cc1. The van der Waals surface area contributed by atoms with E-state index >= 15 is 0 Å². The van der Waals surface area contributed by atoms with Crippen LogP contribution in [0.2, 0.25) is 0 Å². The van der Waals surface area contributed by atoms with Crippen molar-refractivity contribution in [2.75, 3.05) is 0 Å². The van der Waals surface area contributed by atoms with Crippen LogP contribution in [0.1, 0.15) is 12.5 Å². The summed E-state index contributed by atoms with van der Waals surface area (Å²) < 4.78 is 12.8. The van der Waals surface area contributed by atoms with Crippen LogP contribution in [-0.2, 0) is 0 Å². The molecule has 0 spiro atoms. The number of rotatable bonds is 6. The average molecular weight is 682 g/mol. The van der Waals surface area contributed by atoms with Crippen molar-refractivity contribution in [1.29, 1.82) is 0 Å². The average Bonchev–Trinajstić information content (AvgIpc) is 3.80. The van der Waals surface area contributed by atoms with E-state index in [1.54, 1.807) is 0 Å². The van der Waals surface area contributed by atoms with Crippen LogP contribution in [0.3, 0.4) is 0 Å². The monoisotopic (exact) mass is 681 g/mol. The number of benzene rings is 7. The molecule has 3 heterocycles. The van der Waals surface area contributed by atoms with Crippen molar-refractivity contribution in [3.63, 3.8) is 0 Å². The molecule has 0 bridgehead atoms. The fourth-order valence-corrected chi connectivity index (χ4v) is 7.42. The Hall–Kier alpha value is -7.11. The molecule has 0 saturated heterocycles. The van der Waals surface area contributed by atoms with Crippen molar-refractivity contribution >= 4 is 50.0 Å². The highest BCUT2D eigenvalue weighted by molar-refractivity contribution is 6.15. The standard InChI is InChI=1S/C48H31N3O2/c1-2-12-30-13-6-7-16-35(30)31-23-25-33(26-24-31)47-49-46(32-14-4-3-5-15-32)50-48(51-47)39-19-11-22-42-45(39)38-28-27-34(29-43(38)53-42)36-18-10-21-41-44(36)37-17-8-9-20-40(37)52-41/h2-29H,1H3/b12-2-. The first-order valence-electron chi connectivity index (χ1n) is 17.7. The van der Waals surface area contributed by atoms with Gasteiger partial charge in [-0.25, -0.2) is 15.0 Å². The van der Waals surface area contributed by atoms with Gasteiger partial charge in [0.2, 0.25) is 0 Å². The molecule has 0 atom stereocenters. The Morgan fingerprint density at radius 3 is 1.74 bits per heavy atom. The quantitative estimate of drug-likeness (QED) is 0.175. The Morgan fingerprint density at radius 1 is 0.396 bits per heavy atom. The number of allylic oxidation sites excluding steroid dienone is 1. The second-order valence-corrected chi connectivity index (χ2v) is 13.1. The second-order valence-electron chi connectivity index (χ2n) is 13.1. The number of para-hydroxylation sites is 1. The minimum Gasteiger partial charge on any atom is -0.456 e. The van der Waals surface area contributed by atoms with Gasteiger partial charge in [-0.3, -0.25) is 0 Å². The summed E-state index contributed by atoms with van der Waals surface area (Å²) in [5.41, 5.74) is 11.7. The number of fused-ring (bicyclic) bond motifs is 6. The van der Waals surface area contributed by atoms with Crippen molar-refractivity contribution in [3.8, 4) is 56.4 Å². The predicted octanol–water partition coefficient (Wildman–Crippen LogP) is 13.0. The second kappa shape index (κ2) is 12.6. The fraction of sp³-hybridized carbons (Fsp3) is 0.0208. The van der Waals surface area contributed by atoms with E-state index in [1.807, 2.05) is 73.7 Å². The summed E-state index contributed by atoms with van der Waals surface area (Å²) in [4.78, 5) is 15.2. The molecule has 0 radical (unpaired) electrons. The van der Waals surface area contributed by atoms with Gasteiger partial charge in [-0.2, -0.15) is 0 Å². The molecule has 0 aliphatic heterocycles. The van der Waals surface area contributed by atoms with Gasteiger partial charge in [0.15, 0.2) is 17.5 Å². The van der Waals surface area contributed by atoms with E-state index < -0.39 is 0 Å². The van der Waals surface area contributed by atoms with Crippen molar-refractivity contribution < 1.29 is 8.83 Å². The Bertz CT molecular complexity index is 3010. The number of aromatic nitrogens is 3. The van der Waals surface area contributed by atoms with Crippen LogP contribution in [0.4, 0.5) is 0 Å². The molecular weight excluding hydrogens is 651 g/mol. The third kappa shape index (κ3) is 5.29. The normalized spacial score (nSPS) is 11.8. The summed E-state index contributed by atoms with van der Waals surface area (Å²) in [5.74, 6) is 1.80. The molecule has 0 aliphatic rings. The van der Waals surface area contributed by atoms with Crippen LogP contribution in [-0.4, -0.2) is 15.0 Å². The van der Waals surface area contributed by atoms with E-state index in [1.165, 1.54) is 11.1 Å². The molecule has 5 nitrogen and oxygen atoms in total. The Morgan fingerprint density at radius 2 is 0.943 bits per heavy atom. The van der Waals surface area contributed by atoms with Crippen LogP contribution < -0.4 is 0 Å². The lowest BCUT2D eigenvalue weighted by Crippen LogP contribution is -2.00. The molecule has 250 valence electrons. The number of hydrogen-bond donors (Lipinski definition) is 0. The maximum absolute atomic E-state index is 6.57. The molecular formula is C48H31N3O2. The van der Waals surface area contributed by atoms with Crippen LogP contribution in [0.25, 0.3) is 106 Å². The fourth-order valence-electron chi connectivity index (χ4n) is 7.42. The van der Waals surface area contributed by atoms with Gasteiger partial charge in [-0.1, -0.05) is 140 Å². The largest absolute Gasteiger partial charge is 0.456 e. The molecule has 0 fully saturated rings. The van der Waals surface area contributed by atoms with Crippen molar-refractivity contribution in [3.05, 3.63) is 169 Å².